The molecule has 2 unspecified atom stereocenters. The Labute approximate surface area is 134 Å². The van der Waals surface area contributed by atoms with E-state index in [9.17, 15) is 0 Å². The van der Waals surface area contributed by atoms with Crippen LogP contribution in [-0.2, 0) is 12.8 Å². The van der Waals surface area contributed by atoms with Crippen LogP contribution in [0.5, 0.6) is 0 Å². The summed E-state index contributed by atoms with van der Waals surface area (Å²) in [5.41, 5.74) is 2.71. The monoisotopic (exact) mass is 294 g/mol. The van der Waals surface area contributed by atoms with Gasteiger partial charge in [-0.05, 0) is 37.8 Å². The van der Waals surface area contributed by atoms with Crippen LogP contribution in [0, 0.1) is 0 Å². The molecule has 0 radical (unpaired) electrons. The maximum atomic E-state index is 4.68. The van der Waals surface area contributed by atoms with Crippen LogP contribution in [0.3, 0.4) is 0 Å². The van der Waals surface area contributed by atoms with Crippen molar-refractivity contribution in [3.63, 3.8) is 0 Å². The summed E-state index contributed by atoms with van der Waals surface area (Å²) in [4.78, 5) is 6.89. The molecular weight excluding hydrogens is 268 g/mol. The molecule has 0 aromatic heterocycles. The second-order valence-electron chi connectivity index (χ2n) is 6.01. The van der Waals surface area contributed by atoms with Crippen molar-refractivity contribution >= 4 is 6.34 Å². The van der Waals surface area contributed by atoms with Gasteiger partial charge in [-0.2, -0.15) is 0 Å². The molecule has 0 heterocycles. The summed E-state index contributed by atoms with van der Waals surface area (Å²) < 4.78 is 0. The van der Waals surface area contributed by atoms with E-state index in [-0.39, 0.29) is 0 Å². The lowest BCUT2D eigenvalue weighted by atomic mass is 10.1. The van der Waals surface area contributed by atoms with Crippen molar-refractivity contribution in [2.24, 2.45) is 4.99 Å². The van der Waals surface area contributed by atoms with E-state index in [0.29, 0.717) is 12.1 Å². The van der Waals surface area contributed by atoms with Crippen LogP contribution in [0.4, 0.5) is 0 Å². The zero-order valence-corrected chi connectivity index (χ0v) is 13.8. The highest BCUT2D eigenvalue weighted by molar-refractivity contribution is 5.55. The third kappa shape index (κ3) is 5.36. The first kappa shape index (κ1) is 16.3. The molecule has 0 aliphatic rings. The van der Waals surface area contributed by atoms with Crippen molar-refractivity contribution in [2.45, 2.75) is 38.8 Å². The van der Waals surface area contributed by atoms with E-state index < -0.39 is 0 Å². The summed E-state index contributed by atoms with van der Waals surface area (Å²) in [6.45, 7) is 4.40. The van der Waals surface area contributed by atoms with Crippen molar-refractivity contribution < 1.29 is 0 Å². The molecule has 0 saturated carbocycles. The normalized spacial score (nSPS) is 14.0. The third-order valence-electron chi connectivity index (χ3n) is 3.95. The number of hydrogen-bond acceptors (Lipinski definition) is 1. The molecule has 0 aliphatic carbocycles. The smallest absolute Gasteiger partial charge is 0.0853 e. The predicted molar refractivity (Wildman–Crippen MR) is 95.5 cm³/mol. The van der Waals surface area contributed by atoms with E-state index in [1.54, 1.807) is 0 Å². The van der Waals surface area contributed by atoms with Crippen LogP contribution in [-0.4, -0.2) is 30.4 Å². The van der Waals surface area contributed by atoms with Gasteiger partial charge in [0.05, 0.1) is 12.4 Å². The Bertz CT molecular complexity index is 563. The average molecular weight is 294 g/mol. The predicted octanol–water partition coefficient (Wildman–Crippen LogP) is 4.21. The van der Waals surface area contributed by atoms with Crippen LogP contribution >= 0.6 is 0 Å². The van der Waals surface area contributed by atoms with Gasteiger partial charge < -0.3 is 4.90 Å². The van der Waals surface area contributed by atoms with Gasteiger partial charge in [-0.25, -0.2) is 0 Å². The van der Waals surface area contributed by atoms with Gasteiger partial charge in [-0.3, -0.25) is 4.99 Å². The summed E-state index contributed by atoms with van der Waals surface area (Å²) in [5.74, 6) is 0. The molecule has 2 nitrogen and oxygen atoms in total. The SMILES string of the molecule is CC(Cc1ccccc1)N=CN(C)C(C)Cc1ccccc1. The molecule has 2 heteroatoms. The standard InChI is InChI=1S/C20H26N2/c1-17(14-19-10-6-4-7-11-19)21-16-22(3)18(2)15-20-12-8-5-9-13-20/h4-13,16-18H,14-15H2,1-3H3. The molecule has 0 spiro atoms. The van der Waals surface area contributed by atoms with Gasteiger partial charge in [0.2, 0.25) is 0 Å². The number of benzene rings is 2. The Kier molecular flexibility index (Phi) is 6.20. The minimum absolute atomic E-state index is 0.300. The first-order valence-corrected chi connectivity index (χ1v) is 7.98. The molecule has 22 heavy (non-hydrogen) atoms. The molecule has 0 bridgehead atoms. The van der Waals surface area contributed by atoms with E-state index in [4.69, 9.17) is 0 Å². The van der Waals surface area contributed by atoms with Crippen LogP contribution < -0.4 is 0 Å². The third-order valence-corrected chi connectivity index (χ3v) is 3.95. The van der Waals surface area contributed by atoms with E-state index in [1.165, 1.54) is 11.1 Å². The Balaban J connectivity index is 1.83. The molecular formula is C20H26N2. The fraction of sp³-hybridized carbons (Fsp3) is 0.350. The van der Waals surface area contributed by atoms with Gasteiger partial charge >= 0.3 is 0 Å². The van der Waals surface area contributed by atoms with Crippen LogP contribution in [0.15, 0.2) is 65.7 Å². The largest absolute Gasteiger partial charge is 0.363 e. The maximum absolute atomic E-state index is 4.68. The molecule has 2 atom stereocenters. The summed E-state index contributed by atoms with van der Waals surface area (Å²) in [7, 11) is 2.10. The van der Waals surface area contributed by atoms with Gasteiger partial charge in [0, 0.05) is 13.1 Å². The fourth-order valence-corrected chi connectivity index (χ4v) is 2.44. The highest BCUT2D eigenvalue weighted by Crippen LogP contribution is 2.08. The van der Waals surface area contributed by atoms with Crippen LogP contribution in [0.2, 0.25) is 0 Å². The molecule has 0 amide bonds. The number of rotatable bonds is 7. The summed E-state index contributed by atoms with van der Waals surface area (Å²) in [6.07, 6.45) is 4.01. The van der Waals surface area contributed by atoms with Gasteiger partial charge in [-0.1, -0.05) is 60.7 Å². The van der Waals surface area contributed by atoms with Crippen molar-refractivity contribution in [3.8, 4) is 0 Å². The summed E-state index contributed by atoms with van der Waals surface area (Å²) >= 11 is 0. The molecule has 2 rings (SSSR count). The molecule has 2 aromatic carbocycles. The Morgan fingerprint density at radius 3 is 1.91 bits per heavy atom. The topological polar surface area (TPSA) is 15.6 Å². The average Bonchev–Trinajstić information content (AvgIpc) is 2.54. The zero-order chi connectivity index (χ0) is 15.8. The van der Waals surface area contributed by atoms with E-state index >= 15 is 0 Å². The quantitative estimate of drug-likeness (QED) is 0.552. The molecule has 116 valence electrons. The highest BCUT2D eigenvalue weighted by atomic mass is 15.1. The molecule has 0 N–H and O–H groups in total. The highest BCUT2D eigenvalue weighted by Gasteiger charge is 2.07. The molecule has 0 saturated heterocycles. The fourth-order valence-electron chi connectivity index (χ4n) is 2.44. The van der Waals surface area contributed by atoms with Crippen molar-refractivity contribution in [1.29, 1.82) is 0 Å². The van der Waals surface area contributed by atoms with Gasteiger partial charge in [0.1, 0.15) is 0 Å². The van der Waals surface area contributed by atoms with Crippen LogP contribution in [0.1, 0.15) is 25.0 Å². The minimum Gasteiger partial charge on any atom is -0.363 e. The van der Waals surface area contributed by atoms with E-state index in [1.807, 2.05) is 6.34 Å². The lowest BCUT2D eigenvalue weighted by Gasteiger charge is -2.23. The zero-order valence-electron chi connectivity index (χ0n) is 13.8. The number of nitrogens with zero attached hydrogens (tertiary/aromatic N) is 2. The van der Waals surface area contributed by atoms with Crippen LogP contribution in [0.25, 0.3) is 0 Å². The second-order valence-corrected chi connectivity index (χ2v) is 6.01. The Morgan fingerprint density at radius 2 is 1.36 bits per heavy atom. The van der Waals surface area contributed by atoms with E-state index in [2.05, 4.69) is 91.5 Å². The Hall–Kier alpha value is -2.09. The Morgan fingerprint density at radius 1 is 0.864 bits per heavy atom. The first-order valence-electron chi connectivity index (χ1n) is 7.98. The number of hydrogen-bond donors (Lipinski definition) is 0. The van der Waals surface area contributed by atoms with Crippen molar-refractivity contribution in [2.75, 3.05) is 7.05 Å². The van der Waals surface area contributed by atoms with Gasteiger partial charge in [-0.15, -0.1) is 0 Å². The van der Waals surface area contributed by atoms with Gasteiger partial charge in [0.25, 0.3) is 0 Å². The maximum Gasteiger partial charge on any atom is 0.0853 e. The molecule has 2 aromatic rings. The lowest BCUT2D eigenvalue weighted by molar-refractivity contribution is 0.396. The number of aliphatic imine (C=N–C) groups is 1. The second kappa shape index (κ2) is 8.38. The summed E-state index contributed by atoms with van der Waals surface area (Å²) in [5, 5.41) is 0. The molecule has 0 aliphatic heterocycles. The van der Waals surface area contributed by atoms with Crippen molar-refractivity contribution in [3.05, 3.63) is 71.8 Å². The first-order chi connectivity index (χ1) is 10.6. The van der Waals surface area contributed by atoms with E-state index in [0.717, 1.165) is 12.8 Å². The summed E-state index contributed by atoms with van der Waals surface area (Å²) in [6, 6.07) is 21.9. The van der Waals surface area contributed by atoms with Gasteiger partial charge in [0.15, 0.2) is 0 Å². The van der Waals surface area contributed by atoms with Crippen molar-refractivity contribution in [1.82, 2.24) is 4.90 Å². The molecule has 0 fully saturated rings. The number of likely N-dealkylation sites (N-methyl/N-ethyl adjacent to an activating group) is 1. The minimum atomic E-state index is 0.300. The lowest BCUT2D eigenvalue weighted by Crippen LogP contribution is -2.30.